The monoisotopic (exact) mass is 190 g/mol. The zero-order chi connectivity index (χ0) is 6.15. The normalized spacial score (nSPS) is 10.9. The highest BCUT2D eigenvalue weighted by molar-refractivity contribution is 9.11. The number of aryl methyl sites for hydroxylation is 1. The van der Waals surface area contributed by atoms with Crippen LogP contribution in [0.4, 0.5) is 0 Å². The van der Waals surface area contributed by atoms with Gasteiger partial charge < -0.3 is 0 Å². The maximum absolute atomic E-state index is 3.48. The van der Waals surface area contributed by atoms with Crippen LogP contribution >= 0.6 is 24.1 Å². The first kappa shape index (κ1) is 6.38. The first-order valence-corrected chi connectivity index (χ1v) is 4.39. The van der Waals surface area contributed by atoms with Crippen LogP contribution in [0.3, 0.4) is 0 Å². The Bertz CT molecular complexity index is 171. The second kappa shape index (κ2) is 2.24. The maximum Gasteiger partial charge on any atom is 0.0369 e. The highest BCUT2D eigenvalue weighted by Crippen LogP contribution is 2.30. The van der Waals surface area contributed by atoms with Crippen molar-refractivity contribution in [2.24, 2.45) is 0 Å². The van der Waals surface area contributed by atoms with Gasteiger partial charge in [0.1, 0.15) is 0 Å². The Labute approximate surface area is 59.5 Å². The largest absolute Gasteiger partial charge is 0.124 e. The van der Waals surface area contributed by atoms with Crippen molar-refractivity contribution in [3.05, 3.63) is 21.1 Å². The van der Waals surface area contributed by atoms with E-state index < -0.39 is 0 Å². The van der Waals surface area contributed by atoms with Gasteiger partial charge in [-0.15, -0.1) is 8.19 Å². The molecule has 0 nitrogen and oxygen atoms in total. The van der Waals surface area contributed by atoms with Gasteiger partial charge in [0, 0.05) is 4.20 Å². The minimum absolute atomic E-state index is 0.877. The van der Waals surface area contributed by atoms with Gasteiger partial charge in [-0.1, -0.05) is 0 Å². The van der Waals surface area contributed by atoms with Crippen molar-refractivity contribution in [2.75, 3.05) is 0 Å². The Morgan fingerprint density at radius 3 is 2.25 bits per heavy atom. The summed E-state index contributed by atoms with van der Waals surface area (Å²) < 4.78 is 1.37. The molecule has 0 spiro atoms. The van der Waals surface area contributed by atoms with Crippen molar-refractivity contribution in [2.45, 2.75) is 13.8 Å². The van der Waals surface area contributed by atoms with E-state index in [4.69, 9.17) is 0 Å². The van der Waals surface area contributed by atoms with Crippen LogP contribution in [-0.4, -0.2) is 0 Å². The predicted molar refractivity (Wildman–Crippen MR) is 43.1 cm³/mol. The van der Waals surface area contributed by atoms with Gasteiger partial charge in [-0.05, 0) is 46.7 Å². The second-order valence-electron chi connectivity index (χ2n) is 1.91. The molecular formula is C6H8BrP. The second-order valence-corrected chi connectivity index (χ2v) is 4.51. The summed E-state index contributed by atoms with van der Waals surface area (Å²) in [6.07, 6.45) is 0. The van der Waals surface area contributed by atoms with Crippen molar-refractivity contribution in [1.82, 2.24) is 0 Å². The molecule has 0 amide bonds. The summed E-state index contributed by atoms with van der Waals surface area (Å²) in [7, 11) is 0.877. The molecule has 8 heavy (non-hydrogen) atoms. The van der Waals surface area contributed by atoms with Gasteiger partial charge in [-0.2, -0.15) is 0 Å². The minimum Gasteiger partial charge on any atom is -0.124 e. The fraction of sp³-hybridized carbons (Fsp3) is 0.333. The van der Waals surface area contributed by atoms with Gasteiger partial charge >= 0.3 is 0 Å². The van der Waals surface area contributed by atoms with Crippen LogP contribution in [0, 0.1) is 13.8 Å². The van der Waals surface area contributed by atoms with Crippen LogP contribution in [-0.2, 0) is 0 Å². The van der Waals surface area contributed by atoms with Crippen molar-refractivity contribution in [3.63, 3.8) is 0 Å². The molecule has 1 unspecified atom stereocenters. The molecular weight excluding hydrogens is 183 g/mol. The quantitative estimate of drug-likeness (QED) is 0.590. The molecule has 1 rings (SSSR count). The van der Waals surface area contributed by atoms with E-state index >= 15 is 0 Å². The third-order valence-corrected chi connectivity index (χ3v) is 3.82. The first-order chi connectivity index (χ1) is 3.72. The zero-order valence-corrected chi connectivity index (χ0v) is 7.54. The molecule has 0 aliphatic heterocycles. The summed E-state index contributed by atoms with van der Waals surface area (Å²) in [4.78, 5) is 0. The molecule has 0 radical (unpaired) electrons. The molecule has 0 aromatic carbocycles. The van der Waals surface area contributed by atoms with E-state index in [2.05, 4.69) is 35.6 Å². The molecule has 1 aromatic heterocycles. The van der Waals surface area contributed by atoms with Crippen LogP contribution in [0.5, 0.6) is 0 Å². The Morgan fingerprint density at radius 1 is 1.50 bits per heavy atom. The summed E-state index contributed by atoms with van der Waals surface area (Å²) in [6.45, 7) is 4.30. The smallest absolute Gasteiger partial charge is 0.0369 e. The fourth-order valence-electron chi connectivity index (χ4n) is 0.561. The summed E-state index contributed by atoms with van der Waals surface area (Å²) in [5, 5.41) is 0. The molecule has 1 aromatic rings. The Morgan fingerprint density at radius 2 is 2.12 bits per heavy atom. The van der Waals surface area contributed by atoms with E-state index in [0.717, 1.165) is 8.19 Å². The third-order valence-electron chi connectivity index (χ3n) is 1.34. The molecule has 44 valence electrons. The Hall–Kier alpha value is 0.260. The third kappa shape index (κ3) is 0.985. The Balaban J connectivity index is 3.19. The van der Waals surface area contributed by atoms with E-state index in [1.54, 1.807) is 0 Å². The lowest BCUT2D eigenvalue weighted by atomic mass is 10.2. The van der Waals surface area contributed by atoms with Crippen molar-refractivity contribution >= 4 is 24.1 Å². The van der Waals surface area contributed by atoms with Gasteiger partial charge in [0.05, 0.1) is 0 Å². The fourth-order valence-corrected chi connectivity index (χ4v) is 2.19. The molecule has 0 aliphatic rings. The van der Waals surface area contributed by atoms with Gasteiger partial charge in [0.2, 0.25) is 0 Å². The van der Waals surface area contributed by atoms with E-state index in [9.17, 15) is 0 Å². The molecule has 0 N–H and O–H groups in total. The average molecular weight is 191 g/mol. The standard InChI is InChI=1S/C6H8BrP/c1-4-3-8-6(7)5(4)2/h3,8H,1-2H3. The van der Waals surface area contributed by atoms with Crippen LogP contribution in [0.1, 0.15) is 11.1 Å². The highest BCUT2D eigenvalue weighted by Gasteiger charge is 1.95. The topological polar surface area (TPSA) is 0 Å². The van der Waals surface area contributed by atoms with E-state index in [-0.39, 0.29) is 0 Å². The predicted octanol–water partition coefficient (Wildman–Crippen LogP) is 3.10. The maximum atomic E-state index is 3.48. The molecule has 0 bridgehead atoms. The molecule has 0 saturated carbocycles. The number of halogens is 1. The number of rotatable bonds is 0. The first-order valence-electron chi connectivity index (χ1n) is 2.52. The summed E-state index contributed by atoms with van der Waals surface area (Å²) in [5.41, 5.74) is 2.85. The van der Waals surface area contributed by atoms with Gasteiger partial charge in [0.25, 0.3) is 0 Å². The lowest BCUT2D eigenvalue weighted by Gasteiger charge is -1.86. The highest BCUT2D eigenvalue weighted by atomic mass is 79.9. The lowest BCUT2D eigenvalue weighted by molar-refractivity contribution is 1.39. The van der Waals surface area contributed by atoms with E-state index in [1.165, 1.54) is 15.3 Å². The zero-order valence-electron chi connectivity index (χ0n) is 4.96. The number of hydrogen-bond donors (Lipinski definition) is 0. The molecule has 1 heterocycles. The molecule has 0 aliphatic carbocycles. The van der Waals surface area contributed by atoms with Crippen molar-refractivity contribution < 1.29 is 0 Å². The molecule has 1 atom stereocenters. The van der Waals surface area contributed by atoms with Crippen LogP contribution in [0.15, 0.2) is 10.0 Å². The SMILES string of the molecule is Cc1c[pH]c(Br)c1C. The van der Waals surface area contributed by atoms with E-state index in [0.29, 0.717) is 0 Å². The molecule has 0 fully saturated rings. The van der Waals surface area contributed by atoms with Gasteiger partial charge in [-0.25, -0.2) is 0 Å². The Kier molecular flexibility index (Phi) is 1.79. The summed E-state index contributed by atoms with van der Waals surface area (Å²) >= 11 is 3.48. The van der Waals surface area contributed by atoms with Gasteiger partial charge in [0.15, 0.2) is 0 Å². The van der Waals surface area contributed by atoms with Crippen LogP contribution in [0.2, 0.25) is 0 Å². The van der Waals surface area contributed by atoms with Crippen LogP contribution in [0.25, 0.3) is 0 Å². The van der Waals surface area contributed by atoms with E-state index in [1.807, 2.05) is 0 Å². The molecule has 0 saturated heterocycles. The van der Waals surface area contributed by atoms with Gasteiger partial charge in [-0.3, -0.25) is 0 Å². The van der Waals surface area contributed by atoms with Crippen LogP contribution < -0.4 is 0 Å². The molecule has 2 heteroatoms. The minimum atomic E-state index is 0.877. The van der Waals surface area contributed by atoms with Crippen molar-refractivity contribution in [3.8, 4) is 0 Å². The lowest BCUT2D eigenvalue weighted by Crippen LogP contribution is -1.67. The summed E-state index contributed by atoms with van der Waals surface area (Å²) in [6, 6.07) is 0. The average Bonchev–Trinajstić information content (AvgIpc) is 1.98. The summed E-state index contributed by atoms with van der Waals surface area (Å²) in [5.74, 6) is 2.26. The number of hydrogen-bond acceptors (Lipinski definition) is 0. The van der Waals surface area contributed by atoms with Crippen molar-refractivity contribution in [1.29, 1.82) is 0 Å².